The van der Waals surface area contributed by atoms with Gasteiger partial charge < -0.3 is 23.7 Å². The molecule has 3 aromatic rings. The Hall–Kier alpha value is -4.11. The van der Waals surface area contributed by atoms with Crippen molar-refractivity contribution in [3.05, 3.63) is 76.3 Å². The lowest BCUT2D eigenvalue weighted by atomic mass is 9.84. The van der Waals surface area contributed by atoms with Crippen molar-refractivity contribution in [3.8, 4) is 41.6 Å². The predicted octanol–water partition coefficient (Wildman–Crippen LogP) is 4.90. The minimum atomic E-state index is -0.140. The number of fused-ring (bicyclic) bond motifs is 2. The quantitative estimate of drug-likeness (QED) is 0.488. The first-order valence-electron chi connectivity index (χ1n) is 10.6. The monoisotopic (exact) mass is 460 g/mol. The average molecular weight is 461 g/mol. The molecular weight excluding hydrogens is 432 g/mol. The fraction of sp³-hybridized carbons (Fsp3) is 0.250. The van der Waals surface area contributed by atoms with Crippen molar-refractivity contribution in [1.29, 1.82) is 0 Å². The van der Waals surface area contributed by atoms with Crippen LogP contribution in [-0.4, -0.2) is 41.3 Å². The van der Waals surface area contributed by atoms with Crippen molar-refractivity contribution < 1.29 is 28.5 Å². The average Bonchev–Trinajstić information content (AvgIpc) is 3.03. The van der Waals surface area contributed by atoms with Gasteiger partial charge in [0.25, 0.3) is 0 Å². The van der Waals surface area contributed by atoms with Crippen LogP contribution in [0.3, 0.4) is 0 Å². The molecule has 6 nitrogen and oxygen atoms in total. The Labute approximate surface area is 200 Å². The third-order valence-corrected chi connectivity index (χ3v) is 5.95. The number of hydrogen-bond acceptors (Lipinski definition) is 6. The predicted molar refractivity (Wildman–Crippen MR) is 131 cm³/mol. The fourth-order valence-electron chi connectivity index (χ4n) is 4.36. The van der Waals surface area contributed by atoms with Gasteiger partial charge in [0.1, 0.15) is 28.7 Å². The third-order valence-electron chi connectivity index (χ3n) is 5.95. The molecule has 0 fully saturated rings. The highest BCUT2D eigenvalue weighted by Gasteiger charge is 2.34. The van der Waals surface area contributed by atoms with Gasteiger partial charge in [-0.05, 0) is 41.8 Å². The Morgan fingerprint density at radius 1 is 0.706 bits per heavy atom. The Balaban J connectivity index is 0.00000158. The molecule has 0 radical (unpaired) electrons. The van der Waals surface area contributed by atoms with Gasteiger partial charge in [0.15, 0.2) is 5.78 Å². The number of ether oxygens (including phenoxy) is 5. The molecule has 0 spiro atoms. The molecule has 1 aliphatic rings. The first-order valence-corrected chi connectivity index (χ1v) is 10.6. The molecule has 0 bridgehead atoms. The van der Waals surface area contributed by atoms with E-state index in [9.17, 15) is 4.79 Å². The summed E-state index contributed by atoms with van der Waals surface area (Å²) in [5, 5.41) is 0. The van der Waals surface area contributed by atoms with E-state index in [0.29, 0.717) is 40.5 Å². The van der Waals surface area contributed by atoms with Crippen LogP contribution in [0, 0.1) is 12.8 Å². The van der Waals surface area contributed by atoms with Gasteiger partial charge >= 0.3 is 0 Å². The van der Waals surface area contributed by atoms with Crippen LogP contribution >= 0.6 is 0 Å². The van der Waals surface area contributed by atoms with Gasteiger partial charge in [-0.25, -0.2) is 0 Å². The summed E-state index contributed by atoms with van der Waals surface area (Å²) < 4.78 is 27.6. The summed E-state index contributed by atoms with van der Waals surface area (Å²) in [6.45, 7) is 0. The number of hydrogen-bond donors (Lipinski definition) is 0. The Kier molecular flexibility index (Phi) is 7.70. The topological polar surface area (TPSA) is 63.2 Å². The van der Waals surface area contributed by atoms with Crippen molar-refractivity contribution in [2.45, 2.75) is 12.3 Å². The fourth-order valence-corrected chi connectivity index (χ4v) is 4.36. The molecule has 1 atom stereocenters. The van der Waals surface area contributed by atoms with Crippen molar-refractivity contribution in [2.75, 3.05) is 35.5 Å². The van der Waals surface area contributed by atoms with Crippen LogP contribution in [0.2, 0.25) is 0 Å². The molecule has 1 aliphatic carbocycles. The third kappa shape index (κ3) is 4.38. The number of terminal acetylenes is 1. The zero-order chi connectivity index (χ0) is 24.8. The van der Waals surface area contributed by atoms with Crippen LogP contribution < -0.4 is 23.7 Å². The maximum atomic E-state index is 13.9. The molecular formula is C28H28O6. The van der Waals surface area contributed by atoms with Crippen LogP contribution in [0.1, 0.15) is 38.5 Å². The Bertz CT molecular complexity index is 1190. The molecule has 0 heterocycles. The number of methoxy groups -OCH3 is 5. The van der Waals surface area contributed by atoms with Gasteiger partial charge in [-0.15, -0.1) is 12.8 Å². The summed E-state index contributed by atoms with van der Waals surface area (Å²) in [5.74, 6) is 2.76. The van der Waals surface area contributed by atoms with Crippen molar-refractivity contribution in [3.63, 3.8) is 0 Å². The molecule has 176 valence electrons. The van der Waals surface area contributed by atoms with Crippen LogP contribution in [-0.2, 0) is 6.42 Å². The van der Waals surface area contributed by atoms with Crippen LogP contribution in [0.15, 0.2) is 48.5 Å². The smallest absolute Gasteiger partial charge is 0.197 e. The first-order chi connectivity index (χ1) is 16.5. The summed E-state index contributed by atoms with van der Waals surface area (Å²) in [7, 11) is 7.97. The summed E-state index contributed by atoms with van der Waals surface area (Å²) in [6, 6.07) is 15.1. The van der Waals surface area contributed by atoms with Crippen molar-refractivity contribution in [2.24, 2.45) is 0 Å². The minimum Gasteiger partial charge on any atom is -0.497 e. The normalized spacial score (nSPS) is 13.9. The molecule has 0 aromatic heterocycles. The standard InChI is InChI=1S/C26H26O6.C2H2/c1-28-17-8-6-15(7-9-17)20-11-16-10-18(29-2)13-22(31-4)24(16)26(27)21-12-19(30-3)14-23(32-5)25(20)21;1-2/h6-10,12-14,20H,11H2,1-5H3;1-2H/t20-;/m1./s1. The van der Waals surface area contributed by atoms with Crippen molar-refractivity contribution >= 4 is 5.78 Å². The molecule has 0 aliphatic heterocycles. The van der Waals surface area contributed by atoms with Crippen molar-refractivity contribution in [1.82, 2.24) is 0 Å². The number of rotatable bonds is 6. The lowest BCUT2D eigenvalue weighted by Gasteiger charge is -2.22. The Morgan fingerprint density at radius 3 is 1.82 bits per heavy atom. The number of carbonyl (C=O) groups is 1. The summed E-state index contributed by atoms with van der Waals surface area (Å²) in [5.41, 5.74) is 3.77. The van der Waals surface area contributed by atoms with E-state index in [2.05, 4.69) is 12.8 Å². The highest BCUT2D eigenvalue weighted by Crippen LogP contribution is 2.45. The Morgan fingerprint density at radius 2 is 1.26 bits per heavy atom. The molecule has 3 aromatic carbocycles. The highest BCUT2D eigenvalue weighted by atomic mass is 16.5. The first kappa shape index (κ1) is 24.5. The van der Waals surface area contributed by atoms with E-state index in [4.69, 9.17) is 23.7 Å². The molecule has 34 heavy (non-hydrogen) atoms. The lowest BCUT2D eigenvalue weighted by molar-refractivity contribution is 0.103. The SMILES string of the molecule is C#C.COc1ccc([C@H]2Cc3cc(OC)cc(OC)c3C(=O)c3cc(OC)cc(OC)c32)cc1. The summed E-state index contributed by atoms with van der Waals surface area (Å²) in [4.78, 5) is 13.9. The van der Waals surface area contributed by atoms with E-state index >= 15 is 0 Å². The van der Waals surface area contributed by atoms with Gasteiger partial charge in [0, 0.05) is 29.2 Å². The molecule has 6 heteroatoms. The number of carbonyl (C=O) groups excluding carboxylic acids is 1. The maximum Gasteiger partial charge on any atom is 0.197 e. The van der Waals surface area contributed by atoms with E-state index in [-0.39, 0.29) is 11.7 Å². The highest BCUT2D eigenvalue weighted by molar-refractivity contribution is 6.14. The summed E-state index contributed by atoms with van der Waals surface area (Å²) >= 11 is 0. The van der Waals surface area contributed by atoms with Gasteiger partial charge in [-0.2, -0.15) is 0 Å². The molecule has 0 saturated heterocycles. The van der Waals surface area contributed by atoms with Gasteiger partial charge in [0.05, 0.1) is 41.1 Å². The van der Waals surface area contributed by atoms with E-state index < -0.39 is 0 Å². The molecule has 0 unspecified atom stereocenters. The second-order valence-corrected chi connectivity index (χ2v) is 7.51. The van der Waals surface area contributed by atoms with Gasteiger partial charge in [-0.3, -0.25) is 4.79 Å². The number of benzene rings is 3. The molecule has 4 rings (SSSR count). The van der Waals surface area contributed by atoms with E-state index in [1.165, 1.54) is 0 Å². The van der Waals surface area contributed by atoms with E-state index in [0.717, 1.165) is 22.4 Å². The van der Waals surface area contributed by atoms with Crippen LogP contribution in [0.5, 0.6) is 28.7 Å². The lowest BCUT2D eigenvalue weighted by Crippen LogP contribution is -2.10. The zero-order valence-electron chi connectivity index (χ0n) is 20.0. The van der Waals surface area contributed by atoms with Crippen LogP contribution in [0.25, 0.3) is 0 Å². The maximum absolute atomic E-state index is 13.9. The summed E-state index contributed by atoms with van der Waals surface area (Å²) in [6.07, 6.45) is 8.57. The molecule has 0 amide bonds. The van der Waals surface area contributed by atoms with Gasteiger partial charge in [-0.1, -0.05) is 12.1 Å². The number of ketones is 1. The second-order valence-electron chi connectivity index (χ2n) is 7.51. The van der Waals surface area contributed by atoms with E-state index in [1.807, 2.05) is 36.4 Å². The largest absolute Gasteiger partial charge is 0.497 e. The molecule has 0 N–H and O–H groups in total. The minimum absolute atomic E-state index is 0.136. The van der Waals surface area contributed by atoms with Crippen LogP contribution in [0.4, 0.5) is 0 Å². The van der Waals surface area contributed by atoms with E-state index in [1.54, 1.807) is 47.7 Å². The zero-order valence-corrected chi connectivity index (χ0v) is 20.0. The van der Waals surface area contributed by atoms with Gasteiger partial charge in [0.2, 0.25) is 0 Å². The molecule has 0 saturated carbocycles. The second kappa shape index (κ2) is 10.7.